The lowest BCUT2D eigenvalue weighted by Gasteiger charge is -2.30. The lowest BCUT2D eigenvalue weighted by Crippen LogP contribution is -2.30. The Bertz CT molecular complexity index is 143. The summed E-state index contributed by atoms with van der Waals surface area (Å²) < 4.78 is 17.3. The van der Waals surface area contributed by atoms with Gasteiger partial charge in [0, 0.05) is 13.2 Å². The molecular weight excluding hydrogens is 181 g/mol. The lowest BCUT2D eigenvalue weighted by molar-refractivity contribution is 0.0575. The molecule has 2 N–H and O–H groups in total. The molecule has 0 aromatic carbocycles. The number of hydrogen-bond donors (Lipinski definition) is 1. The first-order valence-corrected chi connectivity index (χ1v) is 5.72. The molecule has 2 atom stereocenters. The minimum Gasteiger partial charge on any atom is -0.381 e. The second-order valence-electron chi connectivity index (χ2n) is 4.16. The van der Waals surface area contributed by atoms with Crippen LogP contribution >= 0.6 is 0 Å². The Morgan fingerprint density at radius 2 is 1.93 bits per heavy atom. The Morgan fingerprint density at radius 3 is 2.57 bits per heavy atom. The van der Waals surface area contributed by atoms with Gasteiger partial charge >= 0.3 is 0 Å². The Kier molecular flexibility index (Phi) is 6.12. The van der Waals surface area contributed by atoms with Crippen LogP contribution in [0.2, 0.25) is 0 Å². The monoisotopic (exact) mass is 203 g/mol. The van der Waals surface area contributed by atoms with E-state index in [-0.39, 0.29) is 6.67 Å². The van der Waals surface area contributed by atoms with Crippen molar-refractivity contribution >= 4 is 0 Å². The highest BCUT2D eigenvalue weighted by atomic mass is 19.1. The standard InChI is InChI=1S/C11H22FNO/c12-6-3-7-14-9-11-5-2-1-4-10(11)8-13/h10-11H,1-9,13H2. The Balaban J connectivity index is 2.13. The van der Waals surface area contributed by atoms with Crippen molar-refractivity contribution in [1.82, 2.24) is 0 Å². The van der Waals surface area contributed by atoms with Crippen LogP contribution in [0.5, 0.6) is 0 Å². The van der Waals surface area contributed by atoms with Gasteiger partial charge in [-0.25, -0.2) is 0 Å². The third-order valence-electron chi connectivity index (χ3n) is 3.12. The van der Waals surface area contributed by atoms with E-state index in [9.17, 15) is 4.39 Å². The number of hydrogen-bond acceptors (Lipinski definition) is 2. The second kappa shape index (κ2) is 7.18. The van der Waals surface area contributed by atoms with E-state index in [1.54, 1.807) is 0 Å². The molecule has 0 amide bonds. The van der Waals surface area contributed by atoms with E-state index in [0.29, 0.717) is 24.9 Å². The highest BCUT2D eigenvalue weighted by molar-refractivity contribution is 4.75. The van der Waals surface area contributed by atoms with Gasteiger partial charge < -0.3 is 10.5 Å². The summed E-state index contributed by atoms with van der Waals surface area (Å²) in [5.74, 6) is 1.25. The van der Waals surface area contributed by atoms with Crippen molar-refractivity contribution in [2.45, 2.75) is 32.1 Å². The molecule has 0 heterocycles. The minimum atomic E-state index is -0.273. The number of rotatable bonds is 6. The average Bonchev–Trinajstić information content (AvgIpc) is 2.25. The minimum absolute atomic E-state index is 0.273. The highest BCUT2D eigenvalue weighted by Crippen LogP contribution is 2.29. The van der Waals surface area contributed by atoms with Gasteiger partial charge in [-0.1, -0.05) is 12.8 Å². The maximum absolute atomic E-state index is 11.8. The summed E-state index contributed by atoms with van der Waals surface area (Å²) in [5, 5.41) is 0. The number of alkyl halides is 1. The van der Waals surface area contributed by atoms with E-state index in [0.717, 1.165) is 13.2 Å². The van der Waals surface area contributed by atoms with Crippen LogP contribution < -0.4 is 5.73 Å². The van der Waals surface area contributed by atoms with Crippen LogP contribution in [0.15, 0.2) is 0 Å². The molecule has 1 aliphatic carbocycles. The van der Waals surface area contributed by atoms with E-state index in [4.69, 9.17) is 10.5 Å². The fourth-order valence-electron chi connectivity index (χ4n) is 2.21. The maximum atomic E-state index is 11.8. The van der Waals surface area contributed by atoms with Gasteiger partial charge in [-0.15, -0.1) is 0 Å². The van der Waals surface area contributed by atoms with Crippen molar-refractivity contribution in [2.24, 2.45) is 17.6 Å². The van der Waals surface area contributed by atoms with Crippen LogP contribution in [-0.2, 0) is 4.74 Å². The summed E-state index contributed by atoms with van der Waals surface area (Å²) in [5.41, 5.74) is 5.71. The van der Waals surface area contributed by atoms with Crippen molar-refractivity contribution in [3.05, 3.63) is 0 Å². The van der Waals surface area contributed by atoms with Gasteiger partial charge in [0.2, 0.25) is 0 Å². The molecule has 14 heavy (non-hydrogen) atoms. The summed E-state index contributed by atoms with van der Waals surface area (Å²) in [7, 11) is 0. The maximum Gasteiger partial charge on any atom is 0.0916 e. The third kappa shape index (κ3) is 3.93. The zero-order valence-corrected chi connectivity index (χ0v) is 8.88. The molecule has 2 unspecified atom stereocenters. The van der Waals surface area contributed by atoms with Crippen LogP contribution in [0.25, 0.3) is 0 Å². The molecule has 0 aliphatic heterocycles. The van der Waals surface area contributed by atoms with Crippen molar-refractivity contribution in [1.29, 1.82) is 0 Å². The zero-order valence-electron chi connectivity index (χ0n) is 8.88. The lowest BCUT2D eigenvalue weighted by atomic mass is 9.80. The summed E-state index contributed by atoms with van der Waals surface area (Å²) in [4.78, 5) is 0. The van der Waals surface area contributed by atoms with E-state index < -0.39 is 0 Å². The van der Waals surface area contributed by atoms with E-state index in [1.165, 1.54) is 25.7 Å². The zero-order chi connectivity index (χ0) is 10.2. The van der Waals surface area contributed by atoms with Crippen LogP contribution in [-0.4, -0.2) is 26.4 Å². The summed E-state index contributed by atoms with van der Waals surface area (Å²) in [6.07, 6.45) is 5.61. The number of ether oxygens (including phenoxy) is 1. The fourth-order valence-corrected chi connectivity index (χ4v) is 2.21. The summed E-state index contributed by atoms with van der Waals surface area (Å²) >= 11 is 0. The van der Waals surface area contributed by atoms with Crippen molar-refractivity contribution < 1.29 is 9.13 Å². The molecule has 1 fully saturated rings. The van der Waals surface area contributed by atoms with Gasteiger partial charge in [0.25, 0.3) is 0 Å². The molecule has 1 rings (SSSR count). The quantitative estimate of drug-likeness (QED) is 0.671. The number of halogens is 1. The molecule has 1 saturated carbocycles. The Labute approximate surface area is 86.0 Å². The molecule has 3 heteroatoms. The molecule has 0 aromatic rings. The summed E-state index contributed by atoms with van der Waals surface area (Å²) in [6, 6.07) is 0. The molecular formula is C11H22FNO. The number of nitrogens with two attached hydrogens (primary N) is 1. The van der Waals surface area contributed by atoms with Crippen LogP contribution in [0, 0.1) is 11.8 Å². The molecule has 0 bridgehead atoms. The van der Waals surface area contributed by atoms with Crippen LogP contribution in [0.3, 0.4) is 0 Å². The molecule has 0 radical (unpaired) electrons. The largest absolute Gasteiger partial charge is 0.381 e. The summed E-state index contributed by atoms with van der Waals surface area (Å²) in [6.45, 7) is 1.84. The van der Waals surface area contributed by atoms with Gasteiger partial charge in [0.05, 0.1) is 6.67 Å². The van der Waals surface area contributed by atoms with Crippen LogP contribution in [0.1, 0.15) is 32.1 Å². The highest BCUT2D eigenvalue weighted by Gasteiger charge is 2.23. The predicted molar refractivity (Wildman–Crippen MR) is 55.9 cm³/mol. The van der Waals surface area contributed by atoms with Crippen molar-refractivity contribution in [3.63, 3.8) is 0 Å². The third-order valence-corrected chi connectivity index (χ3v) is 3.12. The van der Waals surface area contributed by atoms with Gasteiger partial charge in [-0.05, 0) is 37.6 Å². The van der Waals surface area contributed by atoms with Gasteiger partial charge in [0.1, 0.15) is 0 Å². The first kappa shape index (κ1) is 11.9. The van der Waals surface area contributed by atoms with E-state index in [1.807, 2.05) is 0 Å². The molecule has 1 aliphatic rings. The van der Waals surface area contributed by atoms with Crippen molar-refractivity contribution in [3.8, 4) is 0 Å². The van der Waals surface area contributed by atoms with Gasteiger partial charge in [0.15, 0.2) is 0 Å². The average molecular weight is 203 g/mol. The Hall–Kier alpha value is -0.150. The molecule has 84 valence electrons. The first-order chi connectivity index (χ1) is 6.88. The normalized spacial score (nSPS) is 27.9. The van der Waals surface area contributed by atoms with Crippen molar-refractivity contribution in [2.75, 3.05) is 26.4 Å². The predicted octanol–water partition coefficient (Wildman–Crippen LogP) is 2.13. The van der Waals surface area contributed by atoms with Gasteiger partial charge in [-0.2, -0.15) is 0 Å². The molecule has 0 saturated heterocycles. The topological polar surface area (TPSA) is 35.2 Å². The SMILES string of the molecule is NCC1CCCCC1COCCCF. The van der Waals surface area contributed by atoms with E-state index >= 15 is 0 Å². The molecule has 0 spiro atoms. The van der Waals surface area contributed by atoms with Gasteiger partial charge in [-0.3, -0.25) is 4.39 Å². The second-order valence-corrected chi connectivity index (χ2v) is 4.16. The van der Waals surface area contributed by atoms with E-state index in [2.05, 4.69) is 0 Å². The smallest absolute Gasteiger partial charge is 0.0916 e. The fraction of sp³-hybridized carbons (Fsp3) is 1.00. The molecule has 2 nitrogen and oxygen atoms in total. The first-order valence-electron chi connectivity index (χ1n) is 5.72. The van der Waals surface area contributed by atoms with Crippen LogP contribution in [0.4, 0.5) is 4.39 Å². The Morgan fingerprint density at radius 1 is 1.21 bits per heavy atom. The molecule has 0 aromatic heterocycles.